The van der Waals surface area contributed by atoms with E-state index in [1.54, 1.807) is 0 Å². The van der Waals surface area contributed by atoms with Gasteiger partial charge in [0.2, 0.25) is 0 Å². The molecule has 2 nitrogen and oxygen atoms in total. The molecule has 0 amide bonds. The average Bonchev–Trinajstić information content (AvgIpc) is 3.65. The lowest BCUT2D eigenvalue weighted by molar-refractivity contribution is 0.346. The van der Waals surface area contributed by atoms with Crippen LogP contribution in [0, 0.1) is 6.92 Å². The third kappa shape index (κ3) is 7.72. The number of aryl methyl sites for hydroxylation is 1. The smallest absolute Gasteiger partial charge is 0.0461 e. The summed E-state index contributed by atoms with van der Waals surface area (Å²) in [4.78, 5) is 4.85. The van der Waals surface area contributed by atoms with E-state index >= 15 is 0 Å². The van der Waals surface area contributed by atoms with Crippen molar-refractivity contribution in [2.24, 2.45) is 0 Å². The van der Waals surface area contributed by atoms with Gasteiger partial charge < -0.3 is 9.80 Å². The summed E-state index contributed by atoms with van der Waals surface area (Å²) in [6.45, 7) is 8.79. The maximum absolute atomic E-state index is 2.43. The van der Waals surface area contributed by atoms with Crippen LogP contribution in [0.1, 0.15) is 95.2 Å². The maximum Gasteiger partial charge on any atom is 0.0461 e. The van der Waals surface area contributed by atoms with Crippen LogP contribution in [0.25, 0.3) is 0 Å². The Labute approximate surface area is 313 Å². The SMILES string of the molecule is CCC1=CCC=C(N(c2ccc(C)cc2)c2ccc(C3(c4ccc(N(C5=CC=C(C)CC=C5)C5=CCC=C(C)C=C5)cc4)CCCCC3)cc2)C=C1. The Bertz CT molecular complexity index is 2010. The van der Waals surface area contributed by atoms with Crippen LogP contribution >= 0.6 is 0 Å². The van der Waals surface area contributed by atoms with Gasteiger partial charge >= 0.3 is 0 Å². The lowest BCUT2D eigenvalue weighted by Gasteiger charge is -2.39. The molecular formula is C50H54N2. The summed E-state index contributed by atoms with van der Waals surface area (Å²) in [5, 5.41) is 0. The highest BCUT2D eigenvalue weighted by molar-refractivity contribution is 5.71. The molecule has 0 aliphatic heterocycles. The van der Waals surface area contributed by atoms with Crippen molar-refractivity contribution in [3.63, 3.8) is 0 Å². The molecule has 52 heavy (non-hydrogen) atoms. The molecule has 0 radical (unpaired) electrons. The first-order valence-corrected chi connectivity index (χ1v) is 19.5. The molecule has 0 saturated heterocycles. The molecule has 3 aromatic rings. The van der Waals surface area contributed by atoms with E-state index < -0.39 is 0 Å². The minimum atomic E-state index is 0.000125. The van der Waals surface area contributed by atoms with Crippen LogP contribution < -0.4 is 9.80 Å². The minimum Gasteiger partial charge on any atom is -0.311 e. The van der Waals surface area contributed by atoms with Crippen molar-refractivity contribution in [3.05, 3.63) is 196 Å². The molecular weight excluding hydrogens is 629 g/mol. The van der Waals surface area contributed by atoms with Crippen LogP contribution in [-0.2, 0) is 5.41 Å². The maximum atomic E-state index is 2.43. The monoisotopic (exact) mass is 682 g/mol. The van der Waals surface area contributed by atoms with Gasteiger partial charge in [-0.15, -0.1) is 0 Å². The zero-order chi connectivity index (χ0) is 35.9. The number of anilines is 3. The Balaban J connectivity index is 1.24. The van der Waals surface area contributed by atoms with Crippen molar-refractivity contribution in [1.29, 1.82) is 0 Å². The van der Waals surface area contributed by atoms with Crippen molar-refractivity contribution in [2.75, 3.05) is 9.80 Å². The molecule has 0 unspecified atom stereocenters. The molecule has 0 atom stereocenters. The van der Waals surface area contributed by atoms with Crippen LogP contribution in [0.3, 0.4) is 0 Å². The molecule has 1 saturated carbocycles. The number of allylic oxidation sites excluding steroid dienone is 15. The van der Waals surface area contributed by atoms with E-state index in [4.69, 9.17) is 0 Å². The highest BCUT2D eigenvalue weighted by Gasteiger charge is 2.36. The first kappa shape index (κ1) is 35.3. The fourth-order valence-corrected chi connectivity index (χ4v) is 8.18. The van der Waals surface area contributed by atoms with Crippen LogP contribution in [0.2, 0.25) is 0 Å². The highest BCUT2D eigenvalue weighted by Crippen LogP contribution is 2.46. The molecule has 4 aliphatic rings. The van der Waals surface area contributed by atoms with Crippen LogP contribution in [0.15, 0.2) is 180 Å². The van der Waals surface area contributed by atoms with Crippen LogP contribution in [0.4, 0.5) is 17.1 Å². The summed E-state index contributed by atoms with van der Waals surface area (Å²) in [6, 6.07) is 28.1. The first-order valence-electron chi connectivity index (χ1n) is 19.5. The number of benzene rings is 3. The Morgan fingerprint density at radius 2 is 1.12 bits per heavy atom. The lowest BCUT2D eigenvalue weighted by atomic mass is 9.65. The summed E-state index contributed by atoms with van der Waals surface area (Å²) in [6.07, 6.45) is 37.6. The molecule has 0 heterocycles. The van der Waals surface area contributed by atoms with Gasteiger partial charge in [0, 0.05) is 39.6 Å². The highest BCUT2D eigenvalue weighted by atomic mass is 15.2. The number of hydrogen-bond acceptors (Lipinski definition) is 2. The van der Waals surface area contributed by atoms with Gasteiger partial charge in [0.05, 0.1) is 0 Å². The quantitative estimate of drug-likeness (QED) is 0.222. The van der Waals surface area contributed by atoms with E-state index in [1.165, 1.54) is 99.7 Å². The van der Waals surface area contributed by atoms with Crippen molar-refractivity contribution in [2.45, 2.75) is 90.9 Å². The molecule has 0 N–H and O–H groups in total. The largest absolute Gasteiger partial charge is 0.311 e. The number of rotatable bonds is 9. The van der Waals surface area contributed by atoms with Crippen LogP contribution in [0.5, 0.6) is 0 Å². The third-order valence-corrected chi connectivity index (χ3v) is 11.3. The van der Waals surface area contributed by atoms with E-state index in [1.807, 2.05) is 0 Å². The molecule has 1 fully saturated rings. The zero-order valence-corrected chi connectivity index (χ0v) is 31.6. The third-order valence-electron chi connectivity index (χ3n) is 11.3. The lowest BCUT2D eigenvalue weighted by Crippen LogP contribution is -2.30. The predicted molar refractivity (Wildman–Crippen MR) is 224 cm³/mol. The Kier molecular flexibility index (Phi) is 10.9. The second-order valence-corrected chi connectivity index (χ2v) is 14.9. The number of hydrogen-bond donors (Lipinski definition) is 0. The van der Waals surface area contributed by atoms with Gasteiger partial charge in [-0.1, -0.05) is 133 Å². The van der Waals surface area contributed by atoms with E-state index in [2.05, 4.69) is 183 Å². The Morgan fingerprint density at radius 3 is 1.77 bits per heavy atom. The summed E-state index contributed by atoms with van der Waals surface area (Å²) in [5.74, 6) is 0. The average molecular weight is 683 g/mol. The van der Waals surface area contributed by atoms with E-state index in [0.717, 1.165) is 25.7 Å². The molecule has 7 rings (SSSR count). The molecule has 0 aromatic heterocycles. The van der Waals surface area contributed by atoms with Gasteiger partial charge in [0.15, 0.2) is 0 Å². The standard InChI is InChI=1S/C50H54N2/c1-5-41-14-11-17-46(31-22-41)52(47-29-20-40(4)21-30-47)49-34-25-43(26-35-49)50(36-7-6-8-37-50)42-23-32-48(33-24-42)51(44-15-9-12-38(2)18-27-44)45-16-10-13-39(3)19-28-45/h9,13-35H,5-8,10-12,36-37H2,1-4H3. The molecule has 0 bridgehead atoms. The van der Waals surface area contributed by atoms with Gasteiger partial charge in [-0.25, -0.2) is 0 Å². The summed E-state index contributed by atoms with van der Waals surface area (Å²) < 4.78 is 0. The zero-order valence-electron chi connectivity index (χ0n) is 31.6. The topological polar surface area (TPSA) is 6.48 Å². The van der Waals surface area contributed by atoms with Crippen molar-refractivity contribution in [3.8, 4) is 0 Å². The molecule has 4 aliphatic carbocycles. The van der Waals surface area contributed by atoms with E-state index in [9.17, 15) is 0 Å². The van der Waals surface area contributed by atoms with Crippen molar-refractivity contribution < 1.29 is 0 Å². The van der Waals surface area contributed by atoms with E-state index in [-0.39, 0.29) is 5.41 Å². The molecule has 2 heteroatoms. The van der Waals surface area contributed by atoms with Crippen molar-refractivity contribution in [1.82, 2.24) is 0 Å². The van der Waals surface area contributed by atoms with Gasteiger partial charge in [-0.2, -0.15) is 0 Å². The summed E-state index contributed by atoms with van der Waals surface area (Å²) >= 11 is 0. The van der Waals surface area contributed by atoms with Gasteiger partial charge in [-0.05, 0) is 131 Å². The Morgan fingerprint density at radius 1 is 0.538 bits per heavy atom. The fourth-order valence-electron chi connectivity index (χ4n) is 8.18. The van der Waals surface area contributed by atoms with E-state index in [0.29, 0.717) is 0 Å². The predicted octanol–water partition coefficient (Wildman–Crippen LogP) is 14.0. The summed E-state index contributed by atoms with van der Waals surface area (Å²) in [7, 11) is 0. The second-order valence-electron chi connectivity index (χ2n) is 14.9. The first-order chi connectivity index (χ1) is 25.4. The minimum absolute atomic E-state index is 0.000125. The van der Waals surface area contributed by atoms with Gasteiger partial charge in [-0.3, -0.25) is 0 Å². The van der Waals surface area contributed by atoms with Gasteiger partial charge in [0.1, 0.15) is 0 Å². The fraction of sp³-hybridized carbons (Fsp3) is 0.280. The number of nitrogens with zero attached hydrogens (tertiary/aromatic N) is 2. The van der Waals surface area contributed by atoms with Crippen molar-refractivity contribution >= 4 is 17.1 Å². The normalized spacial score (nSPS) is 18.5. The molecule has 264 valence electrons. The second kappa shape index (κ2) is 16.1. The Hall–Kier alpha value is -5.08. The van der Waals surface area contributed by atoms with Crippen LogP contribution in [-0.4, -0.2) is 0 Å². The summed E-state index contributed by atoms with van der Waals surface area (Å²) in [5.41, 5.74) is 15.4. The van der Waals surface area contributed by atoms with Gasteiger partial charge in [0.25, 0.3) is 0 Å². The molecule has 0 spiro atoms. The molecule has 3 aromatic carbocycles.